The van der Waals surface area contributed by atoms with Gasteiger partial charge >= 0.3 is 18.1 Å². The van der Waals surface area contributed by atoms with Crippen LogP contribution in [-0.2, 0) is 33.3 Å². The molecule has 8 nitrogen and oxygen atoms in total. The number of carbonyl (C=O) groups is 3. The van der Waals surface area contributed by atoms with Crippen molar-refractivity contribution in [3.63, 3.8) is 0 Å². The van der Waals surface area contributed by atoms with Crippen LogP contribution in [0.4, 0.5) is 4.79 Å². The van der Waals surface area contributed by atoms with E-state index in [1.165, 1.54) is 13.8 Å². The van der Waals surface area contributed by atoms with Gasteiger partial charge in [-0.3, -0.25) is 9.59 Å². The summed E-state index contributed by atoms with van der Waals surface area (Å²) in [7, 11) is 0. The van der Waals surface area contributed by atoms with Crippen molar-refractivity contribution in [3.05, 3.63) is 0 Å². The average Bonchev–Trinajstić information content (AvgIpc) is 2.72. The van der Waals surface area contributed by atoms with Gasteiger partial charge in [0, 0.05) is 13.8 Å². The van der Waals surface area contributed by atoms with Crippen molar-refractivity contribution in [3.8, 4) is 0 Å². The average molecular weight is 288 g/mol. The largest absolute Gasteiger partial charge is 0.509 e. The Morgan fingerprint density at radius 1 is 1.15 bits per heavy atom. The molecule has 0 spiro atoms. The minimum absolute atomic E-state index is 0.0652. The molecule has 20 heavy (non-hydrogen) atoms. The van der Waals surface area contributed by atoms with E-state index in [9.17, 15) is 14.4 Å². The first-order valence-corrected chi connectivity index (χ1v) is 6.21. The summed E-state index contributed by atoms with van der Waals surface area (Å²) in [4.78, 5) is 33.2. The first-order valence-electron chi connectivity index (χ1n) is 6.21. The van der Waals surface area contributed by atoms with Crippen LogP contribution in [0.5, 0.6) is 0 Å². The van der Waals surface area contributed by atoms with Crippen molar-refractivity contribution in [2.24, 2.45) is 0 Å². The highest BCUT2D eigenvalue weighted by atomic mass is 16.8. The van der Waals surface area contributed by atoms with E-state index in [0.717, 1.165) is 0 Å². The molecule has 2 rings (SSSR count). The molecular weight excluding hydrogens is 272 g/mol. The van der Waals surface area contributed by atoms with Gasteiger partial charge in [0.15, 0.2) is 18.3 Å². The van der Waals surface area contributed by atoms with Crippen LogP contribution in [0.2, 0.25) is 0 Å². The third-order valence-corrected chi connectivity index (χ3v) is 3.08. The molecule has 2 fully saturated rings. The first-order chi connectivity index (χ1) is 9.38. The molecule has 0 aromatic rings. The predicted octanol–water partition coefficient (Wildman–Crippen LogP) is 0.172. The number of hydrogen-bond acceptors (Lipinski definition) is 8. The quantitative estimate of drug-likeness (QED) is 0.535. The van der Waals surface area contributed by atoms with E-state index in [0.29, 0.717) is 0 Å². The summed E-state index contributed by atoms with van der Waals surface area (Å²) in [6.07, 6.45) is -4.33. The fourth-order valence-electron chi connectivity index (χ4n) is 2.31. The van der Waals surface area contributed by atoms with E-state index < -0.39 is 48.6 Å². The lowest BCUT2D eigenvalue weighted by Gasteiger charge is -2.38. The van der Waals surface area contributed by atoms with Crippen LogP contribution in [0.1, 0.15) is 20.8 Å². The number of fused-ring (bicyclic) bond motifs is 1. The third-order valence-electron chi connectivity index (χ3n) is 3.08. The normalized spacial score (nSPS) is 35.5. The standard InChI is InChI=1S/C12H16O8/c1-5-9(18-7(3)14)11-10(19-12(15)20-11)8(17-5)4-16-6(2)13/h5,8-11H,4H2,1-3H3/t5-,8?,9?,10+,11?/m1/s1. The van der Waals surface area contributed by atoms with Gasteiger partial charge in [-0.25, -0.2) is 4.79 Å². The minimum atomic E-state index is -0.859. The molecule has 0 saturated carbocycles. The zero-order valence-corrected chi connectivity index (χ0v) is 11.4. The maximum Gasteiger partial charge on any atom is 0.509 e. The van der Waals surface area contributed by atoms with Crippen molar-refractivity contribution in [2.75, 3.05) is 6.61 Å². The SMILES string of the molecule is CC(=O)OCC1O[C@H](C)C(OC(C)=O)C2OC(=O)O[C@@H]12. The Morgan fingerprint density at radius 3 is 2.40 bits per heavy atom. The Kier molecular flexibility index (Phi) is 4.12. The number of hydrogen-bond donors (Lipinski definition) is 0. The number of esters is 2. The lowest BCUT2D eigenvalue weighted by molar-refractivity contribution is -0.210. The Balaban J connectivity index is 2.11. The Morgan fingerprint density at radius 2 is 1.80 bits per heavy atom. The second-order valence-corrected chi connectivity index (χ2v) is 4.67. The molecule has 0 bridgehead atoms. The van der Waals surface area contributed by atoms with Crippen molar-refractivity contribution in [1.82, 2.24) is 0 Å². The van der Waals surface area contributed by atoms with Gasteiger partial charge in [0.05, 0.1) is 6.10 Å². The molecule has 0 radical (unpaired) electrons. The molecule has 0 aliphatic carbocycles. The maximum absolute atomic E-state index is 11.3. The van der Waals surface area contributed by atoms with Crippen LogP contribution in [0, 0.1) is 0 Å². The highest BCUT2D eigenvalue weighted by Crippen LogP contribution is 2.32. The van der Waals surface area contributed by atoms with E-state index in [4.69, 9.17) is 23.7 Å². The smallest absolute Gasteiger partial charge is 0.463 e. The van der Waals surface area contributed by atoms with Crippen molar-refractivity contribution in [1.29, 1.82) is 0 Å². The molecule has 2 saturated heterocycles. The van der Waals surface area contributed by atoms with Crippen LogP contribution in [0.15, 0.2) is 0 Å². The number of rotatable bonds is 3. The van der Waals surface area contributed by atoms with Crippen LogP contribution in [0.3, 0.4) is 0 Å². The molecule has 3 unspecified atom stereocenters. The number of ether oxygens (including phenoxy) is 5. The minimum Gasteiger partial charge on any atom is -0.463 e. The molecule has 0 aromatic carbocycles. The topological polar surface area (TPSA) is 97.4 Å². The fraction of sp³-hybridized carbons (Fsp3) is 0.750. The Bertz CT molecular complexity index is 420. The van der Waals surface area contributed by atoms with Gasteiger partial charge in [0.25, 0.3) is 0 Å². The monoisotopic (exact) mass is 288 g/mol. The zero-order valence-electron chi connectivity index (χ0n) is 11.4. The van der Waals surface area contributed by atoms with E-state index in [2.05, 4.69) is 0 Å². The molecular formula is C12H16O8. The van der Waals surface area contributed by atoms with Crippen LogP contribution >= 0.6 is 0 Å². The predicted molar refractivity (Wildman–Crippen MR) is 61.7 cm³/mol. The Hall–Kier alpha value is -1.83. The molecule has 2 aliphatic rings. The Labute approximate surface area is 115 Å². The summed E-state index contributed by atoms with van der Waals surface area (Å²) in [6.45, 7) is 4.13. The summed E-state index contributed by atoms with van der Waals surface area (Å²) < 4.78 is 25.6. The molecule has 8 heteroatoms. The van der Waals surface area contributed by atoms with Gasteiger partial charge in [0.1, 0.15) is 12.7 Å². The van der Waals surface area contributed by atoms with Gasteiger partial charge in [-0.15, -0.1) is 0 Å². The highest BCUT2D eigenvalue weighted by Gasteiger charge is 2.54. The molecule has 2 aliphatic heterocycles. The molecule has 0 N–H and O–H groups in total. The second kappa shape index (κ2) is 5.66. The summed E-state index contributed by atoms with van der Waals surface area (Å²) in [5, 5.41) is 0. The van der Waals surface area contributed by atoms with Crippen LogP contribution < -0.4 is 0 Å². The summed E-state index contributed by atoms with van der Waals surface area (Å²) in [5.74, 6) is -0.976. The summed E-state index contributed by atoms with van der Waals surface area (Å²) >= 11 is 0. The van der Waals surface area contributed by atoms with E-state index in [1.54, 1.807) is 6.92 Å². The molecule has 0 aromatic heterocycles. The van der Waals surface area contributed by atoms with Crippen LogP contribution in [-0.4, -0.2) is 55.2 Å². The first kappa shape index (κ1) is 14.6. The number of carbonyl (C=O) groups excluding carboxylic acids is 3. The van der Waals surface area contributed by atoms with E-state index in [1.807, 2.05) is 0 Å². The van der Waals surface area contributed by atoms with Gasteiger partial charge < -0.3 is 23.7 Å². The fourth-order valence-corrected chi connectivity index (χ4v) is 2.31. The molecule has 5 atom stereocenters. The molecule has 0 amide bonds. The molecule has 2 heterocycles. The second-order valence-electron chi connectivity index (χ2n) is 4.67. The van der Waals surface area contributed by atoms with Gasteiger partial charge in [-0.2, -0.15) is 0 Å². The third kappa shape index (κ3) is 3.01. The van der Waals surface area contributed by atoms with Crippen molar-refractivity contribution >= 4 is 18.1 Å². The summed E-state index contributed by atoms with van der Waals surface area (Å²) in [5.41, 5.74) is 0. The van der Waals surface area contributed by atoms with Gasteiger partial charge in [-0.1, -0.05) is 0 Å². The lowest BCUT2D eigenvalue weighted by Crippen LogP contribution is -2.57. The maximum atomic E-state index is 11.3. The van der Waals surface area contributed by atoms with Crippen molar-refractivity contribution < 1.29 is 38.1 Å². The van der Waals surface area contributed by atoms with E-state index >= 15 is 0 Å². The highest BCUT2D eigenvalue weighted by molar-refractivity contribution is 5.67. The molecule has 112 valence electrons. The van der Waals surface area contributed by atoms with E-state index in [-0.39, 0.29) is 6.61 Å². The van der Waals surface area contributed by atoms with Gasteiger partial charge in [0.2, 0.25) is 0 Å². The van der Waals surface area contributed by atoms with Gasteiger partial charge in [-0.05, 0) is 6.92 Å². The summed E-state index contributed by atoms with van der Waals surface area (Å²) in [6, 6.07) is 0. The lowest BCUT2D eigenvalue weighted by atomic mass is 9.96. The zero-order chi connectivity index (χ0) is 14.9. The van der Waals surface area contributed by atoms with Crippen LogP contribution in [0.25, 0.3) is 0 Å². The van der Waals surface area contributed by atoms with Crippen molar-refractivity contribution in [2.45, 2.75) is 51.3 Å².